The predicted molar refractivity (Wildman–Crippen MR) is 107 cm³/mol. The van der Waals surface area contributed by atoms with E-state index in [-0.39, 0.29) is 30.2 Å². The fourth-order valence-electron chi connectivity index (χ4n) is 3.05. The molecule has 0 bridgehead atoms. The first-order chi connectivity index (χ1) is 14.2. The number of halogens is 3. The number of carbonyl (C=O) groups excluding carboxylic acids is 1. The van der Waals surface area contributed by atoms with Crippen LogP contribution in [0, 0.1) is 5.92 Å². The second-order valence-electron chi connectivity index (χ2n) is 7.53. The Morgan fingerprint density at radius 1 is 1.26 bits per heavy atom. The fourth-order valence-corrected chi connectivity index (χ4v) is 4.46. The molecular weight excluding hydrogens is 441 g/mol. The number of nitrogens with one attached hydrogen (secondary N) is 1. The first-order valence-electron chi connectivity index (χ1n) is 9.52. The predicted octanol–water partition coefficient (Wildman–Crippen LogP) is 2.40. The number of rotatable bonds is 7. The molecule has 0 aromatic heterocycles. The van der Waals surface area contributed by atoms with E-state index in [1.165, 1.54) is 0 Å². The number of carboxylic acids is 1. The Kier molecular flexibility index (Phi) is 9.75. The van der Waals surface area contributed by atoms with Crippen LogP contribution < -0.4 is 15.2 Å². The van der Waals surface area contributed by atoms with Crippen LogP contribution in [0.5, 0.6) is 5.75 Å². The first kappa shape index (κ1) is 26.7. The molecular formula is C19H27F3N2O6S. The van der Waals surface area contributed by atoms with E-state index in [2.05, 4.69) is 4.72 Å². The van der Waals surface area contributed by atoms with E-state index in [0.717, 1.165) is 18.4 Å². The van der Waals surface area contributed by atoms with Crippen molar-refractivity contribution in [2.75, 3.05) is 12.4 Å². The van der Waals surface area contributed by atoms with Crippen LogP contribution >= 0.6 is 0 Å². The highest BCUT2D eigenvalue weighted by molar-refractivity contribution is 7.90. The summed E-state index contributed by atoms with van der Waals surface area (Å²) < 4.78 is 63.4. The molecule has 1 amide bonds. The highest BCUT2D eigenvalue weighted by Crippen LogP contribution is 2.26. The Morgan fingerprint density at radius 2 is 1.84 bits per heavy atom. The van der Waals surface area contributed by atoms with E-state index in [1.807, 2.05) is 32.0 Å². The number of alkyl halides is 3. The summed E-state index contributed by atoms with van der Waals surface area (Å²) in [4.78, 5) is 20.8. The molecule has 0 aliphatic heterocycles. The van der Waals surface area contributed by atoms with Gasteiger partial charge >= 0.3 is 12.1 Å². The highest BCUT2D eigenvalue weighted by atomic mass is 32.2. The van der Waals surface area contributed by atoms with Gasteiger partial charge in [0.2, 0.25) is 10.0 Å². The molecule has 0 heterocycles. The summed E-state index contributed by atoms with van der Waals surface area (Å²) in [5, 5.41) is 7.12. The summed E-state index contributed by atoms with van der Waals surface area (Å²) >= 11 is 0. The molecule has 1 aliphatic rings. The van der Waals surface area contributed by atoms with Crippen molar-refractivity contribution in [2.24, 2.45) is 11.7 Å². The summed E-state index contributed by atoms with van der Waals surface area (Å²) in [6.07, 6.45) is -2.77. The van der Waals surface area contributed by atoms with Gasteiger partial charge in [0.25, 0.3) is 5.91 Å². The van der Waals surface area contributed by atoms with Crippen molar-refractivity contribution in [3.63, 3.8) is 0 Å². The van der Waals surface area contributed by atoms with Gasteiger partial charge in [0.15, 0.2) is 6.61 Å². The minimum atomic E-state index is -5.08. The summed E-state index contributed by atoms with van der Waals surface area (Å²) in [5.41, 5.74) is 6.77. The van der Waals surface area contributed by atoms with Gasteiger partial charge in [0.05, 0.1) is 5.75 Å². The second kappa shape index (κ2) is 11.3. The minimum Gasteiger partial charge on any atom is -0.483 e. The zero-order valence-electron chi connectivity index (χ0n) is 17.2. The van der Waals surface area contributed by atoms with Gasteiger partial charge in [0, 0.05) is 6.04 Å². The molecule has 1 fully saturated rings. The van der Waals surface area contributed by atoms with Crippen LogP contribution in [0.25, 0.3) is 0 Å². The van der Waals surface area contributed by atoms with Gasteiger partial charge in [-0.1, -0.05) is 32.0 Å². The molecule has 2 atom stereocenters. The van der Waals surface area contributed by atoms with Crippen LogP contribution in [0.1, 0.15) is 44.6 Å². The smallest absolute Gasteiger partial charge is 0.483 e. The number of carbonyl (C=O) groups is 2. The average molecular weight is 468 g/mol. The summed E-state index contributed by atoms with van der Waals surface area (Å²) in [6.45, 7) is 3.73. The van der Waals surface area contributed by atoms with Crippen LogP contribution in [0.2, 0.25) is 0 Å². The summed E-state index contributed by atoms with van der Waals surface area (Å²) in [6, 6.07) is 7.49. The van der Waals surface area contributed by atoms with Crippen LogP contribution in [0.3, 0.4) is 0 Å². The van der Waals surface area contributed by atoms with Crippen LogP contribution in [-0.2, 0) is 19.6 Å². The largest absolute Gasteiger partial charge is 0.490 e. The normalized spacial score (nSPS) is 18.8. The van der Waals surface area contributed by atoms with Crippen molar-refractivity contribution in [1.29, 1.82) is 0 Å². The highest BCUT2D eigenvalue weighted by Gasteiger charge is 2.38. The third-order valence-corrected chi connectivity index (χ3v) is 5.90. The van der Waals surface area contributed by atoms with E-state index in [1.54, 1.807) is 6.07 Å². The third-order valence-electron chi connectivity index (χ3n) is 4.45. The van der Waals surface area contributed by atoms with Crippen LogP contribution in [0.15, 0.2) is 24.3 Å². The molecule has 176 valence electrons. The lowest BCUT2D eigenvalue weighted by atomic mass is 10.0. The molecule has 0 spiro atoms. The van der Waals surface area contributed by atoms with Crippen molar-refractivity contribution >= 4 is 21.9 Å². The van der Waals surface area contributed by atoms with Crippen LogP contribution in [0.4, 0.5) is 13.2 Å². The number of hydrogen-bond donors (Lipinski definition) is 3. The van der Waals surface area contributed by atoms with Gasteiger partial charge in [-0.2, -0.15) is 13.2 Å². The monoisotopic (exact) mass is 468 g/mol. The number of aliphatic carboxylic acids is 1. The van der Waals surface area contributed by atoms with E-state index >= 15 is 0 Å². The molecule has 1 aromatic carbocycles. The Labute approximate surface area is 179 Å². The Balaban J connectivity index is 0.000000592. The van der Waals surface area contributed by atoms with Crippen molar-refractivity contribution < 1.29 is 41.0 Å². The van der Waals surface area contributed by atoms with E-state index in [0.29, 0.717) is 12.2 Å². The topological polar surface area (TPSA) is 136 Å². The molecule has 12 heteroatoms. The van der Waals surface area contributed by atoms with E-state index in [9.17, 15) is 26.4 Å². The lowest BCUT2D eigenvalue weighted by Crippen LogP contribution is -2.37. The fraction of sp³-hybridized carbons (Fsp3) is 0.579. The van der Waals surface area contributed by atoms with Crippen molar-refractivity contribution in [3.05, 3.63) is 29.8 Å². The van der Waals surface area contributed by atoms with Gasteiger partial charge in [0.1, 0.15) is 5.75 Å². The number of para-hydroxylation sites is 1. The average Bonchev–Trinajstić information content (AvgIpc) is 3.03. The standard InChI is InChI=1S/C17H26N2O4S.C2HF3O2/c1-12(2)15-5-3-4-6-16(15)23-10-17(20)19-24(21,22)11-13-7-8-14(18)9-13;3-2(4,5)1(6)7/h3-6,12-14H,7-11,18H2,1-2H3,(H,19,20);(H,6,7)/t13-,14+;/m1./s1. The molecule has 1 saturated carbocycles. The molecule has 0 radical (unpaired) electrons. The number of sulfonamides is 1. The van der Waals surface area contributed by atoms with Gasteiger partial charge in [-0.05, 0) is 42.7 Å². The molecule has 0 saturated heterocycles. The Bertz CT molecular complexity index is 858. The van der Waals surface area contributed by atoms with Crippen molar-refractivity contribution in [2.45, 2.75) is 51.2 Å². The number of hydrogen-bond acceptors (Lipinski definition) is 6. The zero-order chi connectivity index (χ0) is 23.8. The lowest BCUT2D eigenvalue weighted by Gasteiger charge is -2.14. The molecule has 31 heavy (non-hydrogen) atoms. The number of carboxylic acid groups (broad SMARTS) is 1. The number of nitrogens with two attached hydrogens (primary N) is 1. The maximum Gasteiger partial charge on any atom is 0.490 e. The van der Waals surface area contributed by atoms with Crippen molar-refractivity contribution in [1.82, 2.24) is 4.72 Å². The van der Waals surface area contributed by atoms with Crippen LogP contribution in [-0.4, -0.2) is 50.0 Å². The number of benzene rings is 1. The summed E-state index contributed by atoms with van der Waals surface area (Å²) in [5.74, 6) is -2.60. The van der Waals surface area contributed by atoms with E-state index < -0.39 is 28.1 Å². The molecule has 1 aliphatic carbocycles. The molecule has 2 rings (SSSR count). The number of amides is 1. The second-order valence-corrected chi connectivity index (χ2v) is 9.30. The van der Waals surface area contributed by atoms with Crippen molar-refractivity contribution in [3.8, 4) is 5.75 Å². The maximum atomic E-state index is 12.1. The molecule has 0 unspecified atom stereocenters. The van der Waals surface area contributed by atoms with Gasteiger partial charge < -0.3 is 15.6 Å². The SMILES string of the molecule is CC(C)c1ccccc1OCC(=O)NS(=O)(=O)C[C@@H]1CC[C@H](N)C1.O=C(O)C(F)(F)F. The molecule has 1 aromatic rings. The maximum absolute atomic E-state index is 12.1. The van der Waals surface area contributed by atoms with Gasteiger partial charge in [-0.15, -0.1) is 0 Å². The van der Waals surface area contributed by atoms with Gasteiger partial charge in [-0.25, -0.2) is 13.2 Å². The molecule has 8 nitrogen and oxygen atoms in total. The molecule has 4 N–H and O–H groups in total. The van der Waals surface area contributed by atoms with Gasteiger partial charge in [-0.3, -0.25) is 9.52 Å². The minimum absolute atomic E-state index is 0.0212. The lowest BCUT2D eigenvalue weighted by molar-refractivity contribution is -0.192. The third kappa shape index (κ3) is 10.0. The Hall–Kier alpha value is -2.34. The van der Waals surface area contributed by atoms with E-state index in [4.69, 9.17) is 20.4 Å². The first-order valence-corrected chi connectivity index (χ1v) is 11.2. The zero-order valence-corrected chi connectivity index (χ0v) is 18.0. The quantitative estimate of drug-likeness (QED) is 0.559. The summed E-state index contributed by atoms with van der Waals surface area (Å²) in [7, 11) is -3.65. The Morgan fingerprint density at radius 3 is 2.32 bits per heavy atom. The number of ether oxygens (including phenoxy) is 1.